The quantitative estimate of drug-likeness (QED) is 0.820. The lowest BCUT2D eigenvalue weighted by molar-refractivity contribution is 0.127. The van der Waals surface area contributed by atoms with Crippen LogP contribution in [-0.4, -0.2) is 22.6 Å². The van der Waals surface area contributed by atoms with Gasteiger partial charge < -0.3 is 5.11 Å². The van der Waals surface area contributed by atoms with Crippen LogP contribution in [0, 0.1) is 6.92 Å². The standard InChI is InChI=1S/C18H25NOS/c1-14(2)19(13-17-5-4-12-21-17)11-10-18(20)16-8-6-15(3)7-9-16/h4-9,12,14,18,20H,10-11,13H2,1-3H3. The zero-order valence-corrected chi connectivity index (χ0v) is 13.9. The first-order chi connectivity index (χ1) is 10.1. The van der Waals surface area contributed by atoms with Crippen LogP contribution >= 0.6 is 11.3 Å². The second kappa shape index (κ2) is 7.74. The van der Waals surface area contributed by atoms with Gasteiger partial charge in [-0.1, -0.05) is 35.9 Å². The summed E-state index contributed by atoms with van der Waals surface area (Å²) in [6.45, 7) is 8.37. The Morgan fingerprint density at radius 3 is 2.43 bits per heavy atom. The molecule has 0 amide bonds. The van der Waals surface area contributed by atoms with Crippen molar-refractivity contribution in [1.29, 1.82) is 0 Å². The van der Waals surface area contributed by atoms with Gasteiger partial charge in [-0.15, -0.1) is 11.3 Å². The molecule has 0 aliphatic rings. The summed E-state index contributed by atoms with van der Waals surface area (Å²) < 4.78 is 0. The maximum atomic E-state index is 10.3. The smallest absolute Gasteiger partial charge is 0.0802 e. The van der Waals surface area contributed by atoms with Gasteiger partial charge in [0, 0.05) is 24.0 Å². The monoisotopic (exact) mass is 303 g/mol. The van der Waals surface area contributed by atoms with Gasteiger partial charge in [0.15, 0.2) is 0 Å². The normalized spacial score (nSPS) is 13.0. The Balaban J connectivity index is 1.90. The molecule has 21 heavy (non-hydrogen) atoms. The minimum Gasteiger partial charge on any atom is -0.388 e. The van der Waals surface area contributed by atoms with Crippen LogP contribution in [0.25, 0.3) is 0 Å². The van der Waals surface area contributed by atoms with E-state index in [0.29, 0.717) is 6.04 Å². The number of hydrogen-bond donors (Lipinski definition) is 1. The minimum absolute atomic E-state index is 0.379. The largest absolute Gasteiger partial charge is 0.388 e. The Labute approximate surface area is 132 Å². The molecule has 1 heterocycles. The first-order valence-corrected chi connectivity index (χ1v) is 8.45. The number of rotatable bonds is 7. The molecule has 2 rings (SSSR count). The predicted molar refractivity (Wildman–Crippen MR) is 90.6 cm³/mol. The van der Waals surface area contributed by atoms with Crippen LogP contribution in [0.2, 0.25) is 0 Å². The number of nitrogens with zero attached hydrogens (tertiary/aromatic N) is 1. The van der Waals surface area contributed by atoms with Gasteiger partial charge in [0.2, 0.25) is 0 Å². The van der Waals surface area contributed by atoms with Crippen molar-refractivity contribution in [2.24, 2.45) is 0 Å². The predicted octanol–water partition coefficient (Wildman–Crippen LogP) is 4.39. The summed E-state index contributed by atoms with van der Waals surface area (Å²) in [5.74, 6) is 0. The molecule has 1 atom stereocenters. The van der Waals surface area contributed by atoms with E-state index in [0.717, 1.165) is 25.1 Å². The average Bonchev–Trinajstić information content (AvgIpc) is 2.96. The van der Waals surface area contributed by atoms with E-state index in [4.69, 9.17) is 0 Å². The molecule has 2 aromatic rings. The maximum absolute atomic E-state index is 10.3. The van der Waals surface area contributed by atoms with Gasteiger partial charge in [-0.2, -0.15) is 0 Å². The van der Waals surface area contributed by atoms with Crippen LogP contribution < -0.4 is 0 Å². The molecule has 1 aromatic carbocycles. The second-order valence-corrected chi connectivity index (χ2v) is 6.89. The molecule has 114 valence electrons. The number of benzene rings is 1. The van der Waals surface area contributed by atoms with Crippen molar-refractivity contribution in [1.82, 2.24) is 4.90 Å². The summed E-state index contributed by atoms with van der Waals surface area (Å²) >= 11 is 1.80. The third kappa shape index (κ3) is 4.95. The van der Waals surface area contributed by atoms with Crippen molar-refractivity contribution in [3.63, 3.8) is 0 Å². The van der Waals surface area contributed by atoms with Gasteiger partial charge in [0.25, 0.3) is 0 Å². The topological polar surface area (TPSA) is 23.5 Å². The van der Waals surface area contributed by atoms with Crippen molar-refractivity contribution in [2.45, 2.75) is 45.9 Å². The zero-order valence-electron chi connectivity index (χ0n) is 13.1. The lowest BCUT2D eigenvalue weighted by Gasteiger charge is -2.27. The molecule has 0 saturated carbocycles. The van der Waals surface area contributed by atoms with E-state index >= 15 is 0 Å². The van der Waals surface area contributed by atoms with E-state index in [9.17, 15) is 5.11 Å². The van der Waals surface area contributed by atoms with E-state index < -0.39 is 0 Å². The molecule has 3 heteroatoms. The Morgan fingerprint density at radius 1 is 1.14 bits per heavy atom. The first-order valence-electron chi connectivity index (χ1n) is 7.57. The van der Waals surface area contributed by atoms with Crippen molar-refractivity contribution >= 4 is 11.3 Å². The highest BCUT2D eigenvalue weighted by Crippen LogP contribution is 2.20. The van der Waals surface area contributed by atoms with Gasteiger partial charge in [-0.3, -0.25) is 4.90 Å². The minimum atomic E-state index is -0.379. The van der Waals surface area contributed by atoms with Crippen LogP contribution in [0.5, 0.6) is 0 Å². The molecule has 1 unspecified atom stereocenters. The van der Waals surface area contributed by atoms with Gasteiger partial charge in [0.1, 0.15) is 0 Å². The van der Waals surface area contributed by atoms with Gasteiger partial charge in [0.05, 0.1) is 6.10 Å². The van der Waals surface area contributed by atoms with Crippen molar-refractivity contribution < 1.29 is 5.11 Å². The molecule has 0 aliphatic heterocycles. The van der Waals surface area contributed by atoms with Gasteiger partial charge >= 0.3 is 0 Å². The van der Waals surface area contributed by atoms with Crippen molar-refractivity contribution in [2.75, 3.05) is 6.54 Å². The summed E-state index contributed by atoms with van der Waals surface area (Å²) in [7, 11) is 0. The molecule has 2 nitrogen and oxygen atoms in total. The van der Waals surface area contributed by atoms with Crippen LogP contribution in [0.4, 0.5) is 0 Å². The summed E-state index contributed by atoms with van der Waals surface area (Å²) in [6, 6.07) is 12.9. The molecular weight excluding hydrogens is 278 g/mol. The highest BCUT2D eigenvalue weighted by molar-refractivity contribution is 7.09. The lowest BCUT2D eigenvalue weighted by Crippen LogP contribution is -2.31. The van der Waals surface area contributed by atoms with Crippen molar-refractivity contribution in [3.05, 3.63) is 57.8 Å². The van der Waals surface area contributed by atoms with E-state index in [-0.39, 0.29) is 6.10 Å². The molecule has 1 aromatic heterocycles. The number of aliphatic hydroxyl groups is 1. The van der Waals surface area contributed by atoms with Crippen molar-refractivity contribution in [3.8, 4) is 0 Å². The van der Waals surface area contributed by atoms with Crippen LogP contribution in [-0.2, 0) is 6.54 Å². The van der Waals surface area contributed by atoms with Gasteiger partial charge in [-0.25, -0.2) is 0 Å². The average molecular weight is 303 g/mol. The van der Waals surface area contributed by atoms with E-state index in [1.165, 1.54) is 10.4 Å². The highest BCUT2D eigenvalue weighted by atomic mass is 32.1. The zero-order chi connectivity index (χ0) is 15.2. The fraction of sp³-hybridized carbons (Fsp3) is 0.444. The molecule has 0 spiro atoms. The summed E-state index contributed by atoms with van der Waals surface area (Å²) in [5.41, 5.74) is 2.24. The Kier molecular flexibility index (Phi) is 5.97. The Morgan fingerprint density at radius 2 is 1.86 bits per heavy atom. The van der Waals surface area contributed by atoms with E-state index in [2.05, 4.69) is 55.3 Å². The molecular formula is C18H25NOS. The van der Waals surface area contributed by atoms with Crippen LogP contribution in [0.15, 0.2) is 41.8 Å². The fourth-order valence-corrected chi connectivity index (χ4v) is 3.10. The van der Waals surface area contributed by atoms with Crippen LogP contribution in [0.1, 0.15) is 42.4 Å². The SMILES string of the molecule is Cc1ccc(C(O)CCN(Cc2cccs2)C(C)C)cc1. The second-order valence-electron chi connectivity index (χ2n) is 5.86. The number of thiophene rings is 1. The third-order valence-corrected chi connectivity index (χ3v) is 4.68. The summed E-state index contributed by atoms with van der Waals surface area (Å²) in [4.78, 5) is 3.80. The number of aryl methyl sites for hydroxylation is 1. The third-order valence-electron chi connectivity index (χ3n) is 3.82. The molecule has 0 aliphatic carbocycles. The Hall–Kier alpha value is -1.16. The van der Waals surface area contributed by atoms with Crippen LogP contribution in [0.3, 0.4) is 0 Å². The molecule has 0 bridgehead atoms. The fourth-order valence-electron chi connectivity index (χ4n) is 2.37. The first kappa shape index (κ1) is 16.2. The molecule has 0 radical (unpaired) electrons. The Bertz CT molecular complexity index is 519. The molecule has 0 saturated heterocycles. The summed E-state index contributed by atoms with van der Waals surface area (Å²) in [6.07, 6.45) is 0.391. The maximum Gasteiger partial charge on any atom is 0.0802 e. The number of hydrogen-bond acceptors (Lipinski definition) is 3. The molecule has 1 N–H and O–H groups in total. The van der Waals surface area contributed by atoms with E-state index in [1.54, 1.807) is 11.3 Å². The number of aliphatic hydroxyl groups excluding tert-OH is 1. The molecule has 0 fully saturated rings. The summed E-state index contributed by atoms with van der Waals surface area (Å²) in [5, 5.41) is 12.5. The van der Waals surface area contributed by atoms with Gasteiger partial charge in [-0.05, 0) is 44.2 Å². The highest BCUT2D eigenvalue weighted by Gasteiger charge is 2.14. The van der Waals surface area contributed by atoms with E-state index in [1.807, 2.05) is 12.1 Å². The lowest BCUT2D eigenvalue weighted by atomic mass is 10.0.